The Kier molecular flexibility index (Phi) is 6.17. The van der Waals surface area contributed by atoms with Crippen LogP contribution in [0.15, 0.2) is 53.0 Å². The first-order valence-corrected chi connectivity index (χ1v) is 7.86. The molecule has 0 heterocycles. The highest BCUT2D eigenvalue weighted by atomic mass is 79.9. The number of carbonyl (C=O) groups is 2. The number of amides is 2. The molecule has 0 radical (unpaired) electrons. The van der Waals surface area contributed by atoms with Crippen molar-refractivity contribution in [2.45, 2.75) is 0 Å². The molecular weight excluding hydrogens is 360 g/mol. The number of ether oxygens (including phenoxy) is 1. The molecule has 2 aromatic carbocycles. The minimum absolute atomic E-state index is 0.164. The van der Waals surface area contributed by atoms with Crippen LogP contribution in [0.25, 0.3) is 0 Å². The lowest BCUT2D eigenvalue weighted by molar-refractivity contribution is 0.0927. The van der Waals surface area contributed by atoms with Gasteiger partial charge in [-0.1, -0.05) is 18.2 Å². The molecule has 0 aliphatic carbocycles. The van der Waals surface area contributed by atoms with Crippen LogP contribution >= 0.6 is 15.9 Å². The summed E-state index contributed by atoms with van der Waals surface area (Å²) in [6.07, 6.45) is 0. The van der Waals surface area contributed by atoms with Crippen molar-refractivity contribution < 1.29 is 14.3 Å². The van der Waals surface area contributed by atoms with Crippen LogP contribution in [0.3, 0.4) is 0 Å². The van der Waals surface area contributed by atoms with E-state index in [4.69, 9.17) is 4.74 Å². The molecule has 2 rings (SSSR count). The number of hydrogen-bond donors (Lipinski definition) is 2. The first-order valence-electron chi connectivity index (χ1n) is 7.07. The van der Waals surface area contributed by atoms with Gasteiger partial charge in [0, 0.05) is 23.1 Å². The van der Waals surface area contributed by atoms with Gasteiger partial charge >= 0.3 is 0 Å². The van der Waals surface area contributed by atoms with E-state index in [1.54, 1.807) is 49.6 Å². The Labute approximate surface area is 143 Å². The molecule has 23 heavy (non-hydrogen) atoms. The molecule has 0 fully saturated rings. The number of halogens is 1. The second kappa shape index (κ2) is 8.33. The van der Waals surface area contributed by atoms with Crippen molar-refractivity contribution in [3.8, 4) is 5.75 Å². The summed E-state index contributed by atoms with van der Waals surface area (Å²) < 4.78 is 5.79. The van der Waals surface area contributed by atoms with Crippen molar-refractivity contribution in [3.05, 3.63) is 64.1 Å². The fourth-order valence-corrected chi connectivity index (χ4v) is 2.37. The third-order valence-corrected chi connectivity index (χ3v) is 3.84. The number of methoxy groups -OCH3 is 1. The van der Waals surface area contributed by atoms with Gasteiger partial charge in [0.15, 0.2) is 0 Å². The van der Waals surface area contributed by atoms with Crippen LogP contribution < -0.4 is 15.4 Å². The third kappa shape index (κ3) is 4.82. The number of hydrogen-bond acceptors (Lipinski definition) is 3. The molecular formula is C17H17BrN2O3. The van der Waals surface area contributed by atoms with Crippen LogP contribution in [0.2, 0.25) is 0 Å². The van der Waals surface area contributed by atoms with Crippen LogP contribution in [-0.2, 0) is 0 Å². The Morgan fingerprint density at radius 1 is 1.00 bits per heavy atom. The molecule has 0 saturated heterocycles. The first-order chi connectivity index (χ1) is 11.1. The summed E-state index contributed by atoms with van der Waals surface area (Å²) in [5.41, 5.74) is 1.08. The zero-order valence-electron chi connectivity index (χ0n) is 12.6. The van der Waals surface area contributed by atoms with Gasteiger partial charge in [-0.15, -0.1) is 0 Å². The lowest BCUT2D eigenvalue weighted by Gasteiger charge is -2.09. The molecule has 0 unspecified atom stereocenters. The maximum atomic E-state index is 12.1. The Morgan fingerprint density at radius 2 is 1.65 bits per heavy atom. The molecule has 6 heteroatoms. The van der Waals surface area contributed by atoms with Crippen LogP contribution in [-0.4, -0.2) is 32.0 Å². The maximum Gasteiger partial charge on any atom is 0.252 e. The van der Waals surface area contributed by atoms with E-state index >= 15 is 0 Å². The van der Waals surface area contributed by atoms with Gasteiger partial charge in [-0.3, -0.25) is 9.59 Å². The van der Waals surface area contributed by atoms with Crippen molar-refractivity contribution in [1.29, 1.82) is 0 Å². The van der Waals surface area contributed by atoms with E-state index in [0.717, 1.165) is 0 Å². The number of rotatable bonds is 6. The van der Waals surface area contributed by atoms with Gasteiger partial charge in [-0.05, 0) is 46.3 Å². The van der Waals surface area contributed by atoms with Crippen molar-refractivity contribution >= 4 is 27.7 Å². The topological polar surface area (TPSA) is 67.4 Å². The van der Waals surface area contributed by atoms with E-state index in [9.17, 15) is 9.59 Å². The molecule has 0 saturated carbocycles. The second-order valence-corrected chi connectivity index (χ2v) is 5.58. The third-order valence-electron chi connectivity index (χ3n) is 3.15. The normalized spacial score (nSPS) is 10.0. The monoisotopic (exact) mass is 376 g/mol. The zero-order chi connectivity index (χ0) is 16.7. The standard InChI is InChI=1S/C17H17BrN2O3/c1-23-13-7-8-15(18)14(11-13)17(22)20-10-9-19-16(21)12-5-3-2-4-6-12/h2-8,11H,9-10H2,1H3,(H,19,21)(H,20,22). The van der Waals surface area contributed by atoms with Gasteiger partial charge in [0.2, 0.25) is 0 Å². The minimum atomic E-state index is -0.232. The summed E-state index contributed by atoms with van der Waals surface area (Å²) in [5, 5.41) is 5.51. The molecule has 0 atom stereocenters. The molecule has 2 aromatic rings. The van der Waals surface area contributed by atoms with E-state index in [2.05, 4.69) is 26.6 Å². The lowest BCUT2D eigenvalue weighted by atomic mass is 10.2. The molecule has 0 aliphatic rings. The molecule has 2 N–H and O–H groups in total. The summed E-state index contributed by atoms with van der Waals surface area (Å²) in [4.78, 5) is 24.0. The summed E-state index contributed by atoms with van der Waals surface area (Å²) >= 11 is 3.34. The van der Waals surface area contributed by atoms with Gasteiger partial charge in [-0.25, -0.2) is 0 Å². The summed E-state index contributed by atoms with van der Waals surface area (Å²) in [6, 6.07) is 14.1. The van der Waals surface area contributed by atoms with E-state index < -0.39 is 0 Å². The van der Waals surface area contributed by atoms with Crippen LogP contribution in [0.1, 0.15) is 20.7 Å². The highest BCUT2D eigenvalue weighted by molar-refractivity contribution is 9.10. The molecule has 0 spiro atoms. The summed E-state index contributed by atoms with van der Waals surface area (Å²) in [7, 11) is 1.55. The van der Waals surface area contributed by atoms with Crippen molar-refractivity contribution in [2.24, 2.45) is 0 Å². The van der Waals surface area contributed by atoms with E-state index in [1.807, 2.05) is 6.07 Å². The highest BCUT2D eigenvalue weighted by Gasteiger charge is 2.11. The largest absolute Gasteiger partial charge is 0.497 e. The lowest BCUT2D eigenvalue weighted by Crippen LogP contribution is -2.34. The van der Waals surface area contributed by atoms with E-state index in [1.165, 1.54) is 0 Å². The molecule has 2 amide bonds. The van der Waals surface area contributed by atoms with Crippen molar-refractivity contribution in [3.63, 3.8) is 0 Å². The Morgan fingerprint density at radius 3 is 2.30 bits per heavy atom. The average Bonchev–Trinajstić information content (AvgIpc) is 2.59. The summed E-state index contributed by atoms with van der Waals surface area (Å²) in [6.45, 7) is 0.683. The molecule has 120 valence electrons. The predicted octanol–water partition coefficient (Wildman–Crippen LogP) is 2.62. The number of carbonyl (C=O) groups excluding carboxylic acids is 2. The molecule has 0 aliphatic heterocycles. The maximum absolute atomic E-state index is 12.1. The fourth-order valence-electron chi connectivity index (χ4n) is 1.94. The molecule has 5 nitrogen and oxygen atoms in total. The zero-order valence-corrected chi connectivity index (χ0v) is 14.2. The predicted molar refractivity (Wildman–Crippen MR) is 91.8 cm³/mol. The van der Waals surface area contributed by atoms with E-state index in [-0.39, 0.29) is 11.8 Å². The van der Waals surface area contributed by atoms with Gasteiger partial charge < -0.3 is 15.4 Å². The van der Waals surface area contributed by atoms with Gasteiger partial charge in [0.1, 0.15) is 5.75 Å². The molecule has 0 bridgehead atoms. The Bertz CT molecular complexity index is 689. The molecule has 0 aromatic heterocycles. The fraction of sp³-hybridized carbons (Fsp3) is 0.176. The van der Waals surface area contributed by atoms with Crippen LogP contribution in [0.4, 0.5) is 0 Å². The first kappa shape index (κ1) is 17.0. The minimum Gasteiger partial charge on any atom is -0.497 e. The highest BCUT2D eigenvalue weighted by Crippen LogP contribution is 2.22. The number of benzene rings is 2. The van der Waals surface area contributed by atoms with E-state index in [0.29, 0.717) is 34.4 Å². The van der Waals surface area contributed by atoms with Crippen molar-refractivity contribution in [1.82, 2.24) is 10.6 Å². The van der Waals surface area contributed by atoms with Gasteiger partial charge in [0.25, 0.3) is 11.8 Å². The van der Waals surface area contributed by atoms with Gasteiger partial charge in [0.05, 0.1) is 12.7 Å². The van der Waals surface area contributed by atoms with Gasteiger partial charge in [-0.2, -0.15) is 0 Å². The average molecular weight is 377 g/mol. The summed E-state index contributed by atoms with van der Waals surface area (Å²) in [5.74, 6) is 0.211. The van der Waals surface area contributed by atoms with Crippen molar-refractivity contribution in [2.75, 3.05) is 20.2 Å². The van der Waals surface area contributed by atoms with Crippen LogP contribution in [0.5, 0.6) is 5.75 Å². The SMILES string of the molecule is COc1ccc(Br)c(C(=O)NCCNC(=O)c2ccccc2)c1. The smallest absolute Gasteiger partial charge is 0.252 e. The van der Waals surface area contributed by atoms with Crippen LogP contribution in [0, 0.1) is 0 Å². The number of nitrogens with one attached hydrogen (secondary N) is 2. The quantitative estimate of drug-likeness (QED) is 0.761. The Hall–Kier alpha value is -2.34. The Balaban J connectivity index is 1.82. The second-order valence-electron chi connectivity index (χ2n) is 4.72.